The maximum atomic E-state index is 12.3. The van der Waals surface area contributed by atoms with Crippen LogP contribution in [0.5, 0.6) is 0 Å². The molecule has 1 amide bonds. The van der Waals surface area contributed by atoms with E-state index >= 15 is 0 Å². The first kappa shape index (κ1) is 15.8. The molecule has 1 atom stereocenters. The molecule has 6 N–H and O–H groups in total. The second kappa shape index (κ2) is 6.59. The van der Waals surface area contributed by atoms with Crippen LogP contribution in [0, 0.1) is 0 Å². The van der Waals surface area contributed by atoms with E-state index in [4.69, 9.17) is 11.5 Å². The number of aromatic amines is 1. The number of nitrogens with two attached hydrogens (primary N) is 2. The van der Waals surface area contributed by atoms with Gasteiger partial charge in [0.15, 0.2) is 5.82 Å². The first-order valence-corrected chi connectivity index (χ1v) is 8.24. The van der Waals surface area contributed by atoms with Crippen LogP contribution in [-0.2, 0) is 0 Å². The molecule has 23 heavy (non-hydrogen) atoms. The predicted octanol–water partition coefficient (Wildman–Crippen LogP) is 1.93. The summed E-state index contributed by atoms with van der Waals surface area (Å²) < 4.78 is 0.581. The number of hydrogen-bond donors (Lipinski definition) is 4. The molecule has 122 valence electrons. The Balaban J connectivity index is 1.85. The zero-order valence-corrected chi connectivity index (χ0v) is 14.1. The summed E-state index contributed by atoms with van der Waals surface area (Å²) in [6.07, 6.45) is 3.66. The summed E-state index contributed by atoms with van der Waals surface area (Å²) in [6.45, 7) is 1.67. The van der Waals surface area contributed by atoms with Gasteiger partial charge in [-0.15, -0.1) is 0 Å². The molecule has 0 radical (unpaired) electrons. The Morgan fingerprint density at radius 3 is 3.00 bits per heavy atom. The predicted molar refractivity (Wildman–Crippen MR) is 94.5 cm³/mol. The van der Waals surface area contributed by atoms with Crippen molar-refractivity contribution in [2.24, 2.45) is 5.73 Å². The molecule has 1 aromatic heterocycles. The largest absolute Gasteiger partial charge is 0.399 e. The first-order valence-electron chi connectivity index (χ1n) is 7.45. The quantitative estimate of drug-likeness (QED) is 0.609. The number of nitrogens with one attached hydrogen (secondary N) is 2. The second-order valence-electron chi connectivity index (χ2n) is 5.65. The molecule has 1 fully saturated rings. The van der Waals surface area contributed by atoms with E-state index in [0.717, 1.165) is 31.6 Å². The highest BCUT2D eigenvalue weighted by Crippen LogP contribution is 2.30. The van der Waals surface area contributed by atoms with Crippen LogP contribution in [0.3, 0.4) is 0 Å². The maximum absolute atomic E-state index is 12.3. The third-order valence-corrected chi connectivity index (χ3v) is 4.24. The smallest absolute Gasteiger partial charge is 0.291 e. The van der Waals surface area contributed by atoms with E-state index in [9.17, 15) is 4.79 Å². The number of carbonyl (C=O) groups is 1. The minimum atomic E-state index is -0.316. The van der Waals surface area contributed by atoms with Crippen molar-refractivity contribution in [2.45, 2.75) is 18.9 Å². The average molecular weight is 379 g/mol. The molecule has 2 heterocycles. The lowest BCUT2D eigenvalue weighted by molar-refractivity contribution is 0.101. The highest BCUT2D eigenvalue weighted by Gasteiger charge is 2.21. The van der Waals surface area contributed by atoms with Crippen LogP contribution in [-0.4, -0.2) is 35.0 Å². The number of anilines is 3. The zero-order chi connectivity index (χ0) is 16.4. The highest BCUT2D eigenvalue weighted by molar-refractivity contribution is 9.10. The van der Waals surface area contributed by atoms with Crippen LogP contribution in [0.2, 0.25) is 0 Å². The van der Waals surface area contributed by atoms with Crippen molar-refractivity contribution in [3.8, 4) is 0 Å². The fourth-order valence-electron chi connectivity index (χ4n) is 2.76. The van der Waals surface area contributed by atoms with Crippen LogP contribution in [0.25, 0.3) is 0 Å². The molecule has 0 saturated carbocycles. The Morgan fingerprint density at radius 2 is 2.30 bits per heavy atom. The standard InChI is InChI=1S/C15H19BrN6O/c16-13-7-19-14(21-13)15(23)20-11-6-9(17)3-4-12(11)22-5-1-2-10(18)8-22/h3-4,6-7,10H,1-2,5,8,17-18H2,(H,19,21)(H,20,23)/t10-/m1/s1. The van der Waals surface area contributed by atoms with Gasteiger partial charge >= 0.3 is 0 Å². The molecule has 1 saturated heterocycles. The molecule has 7 nitrogen and oxygen atoms in total. The van der Waals surface area contributed by atoms with Crippen LogP contribution in [0.1, 0.15) is 23.5 Å². The first-order chi connectivity index (χ1) is 11.0. The fourth-order valence-corrected chi connectivity index (χ4v) is 3.05. The van der Waals surface area contributed by atoms with Gasteiger partial charge in [-0.2, -0.15) is 0 Å². The summed E-state index contributed by atoms with van der Waals surface area (Å²) in [6, 6.07) is 5.65. The number of halogens is 1. The number of H-pyrrole nitrogens is 1. The van der Waals surface area contributed by atoms with Gasteiger partial charge in [0.05, 0.1) is 11.4 Å². The van der Waals surface area contributed by atoms with Crippen LogP contribution >= 0.6 is 15.9 Å². The third kappa shape index (κ3) is 3.65. The van der Waals surface area contributed by atoms with E-state index < -0.39 is 0 Å². The van der Waals surface area contributed by atoms with E-state index in [-0.39, 0.29) is 17.8 Å². The minimum absolute atomic E-state index is 0.144. The Bertz CT molecular complexity index is 716. The average Bonchev–Trinajstić information content (AvgIpc) is 2.94. The van der Waals surface area contributed by atoms with Gasteiger partial charge in [0.1, 0.15) is 4.60 Å². The SMILES string of the molecule is Nc1ccc(N2CCC[C@@H](N)C2)c(NC(=O)c2nc(Br)c[nH]2)c1. The number of carbonyl (C=O) groups excluding carboxylic acids is 1. The summed E-state index contributed by atoms with van der Waals surface area (Å²) >= 11 is 3.22. The van der Waals surface area contributed by atoms with Crippen molar-refractivity contribution in [1.82, 2.24) is 9.97 Å². The molecular formula is C15H19BrN6O. The van der Waals surface area contributed by atoms with Crippen LogP contribution in [0.4, 0.5) is 17.1 Å². The van der Waals surface area contributed by atoms with Gasteiger partial charge in [-0.3, -0.25) is 4.79 Å². The molecule has 1 aliphatic heterocycles. The summed E-state index contributed by atoms with van der Waals surface area (Å²) in [5.41, 5.74) is 14.1. The topological polar surface area (TPSA) is 113 Å². The molecule has 0 unspecified atom stereocenters. The van der Waals surface area contributed by atoms with Gasteiger partial charge in [-0.05, 0) is 47.0 Å². The molecular weight excluding hydrogens is 360 g/mol. The zero-order valence-electron chi connectivity index (χ0n) is 12.6. The van der Waals surface area contributed by atoms with E-state index in [1.165, 1.54) is 0 Å². The van der Waals surface area contributed by atoms with Gasteiger partial charge in [0.2, 0.25) is 0 Å². The van der Waals surface area contributed by atoms with Crippen LogP contribution in [0.15, 0.2) is 29.0 Å². The lowest BCUT2D eigenvalue weighted by Gasteiger charge is -2.34. The maximum Gasteiger partial charge on any atom is 0.291 e. The monoisotopic (exact) mass is 378 g/mol. The van der Waals surface area contributed by atoms with Gasteiger partial charge in [-0.1, -0.05) is 0 Å². The summed E-state index contributed by atoms with van der Waals surface area (Å²) in [4.78, 5) is 21.4. The number of hydrogen-bond acceptors (Lipinski definition) is 5. The molecule has 0 aliphatic carbocycles. The van der Waals surface area contributed by atoms with Crippen molar-refractivity contribution in [1.29, 1.82) is 0 Å². The summed E-state index contributed by atoms with van der Waals surface area (Å²) in [7, 11) is 0. The lowest BCUT2D eigenvalue weighted by atomic mass is 10.1. The Hall–Kier alpha value is -2.06. The lowest BCUT2D eigenvalue weighted by Crippen LogP contribution is -2.43. The molecule has 0 spiro atoms. The summed E-state index contributed by atoms with van der Waals surface area (Å²) in [5, 5.41) is 2.88. The number of benzene rings is 1. The number of aromatic nitrogens is 2. The third-order valence-electron chi connectivity index (χ3n) is 3.83. The molecule has 3 rings (SSSR count). The molecule has 1 aromatic carbocycles. The van der Waals surface area contributed by atoms with E-state index in [2.05, 4.69) is 36.1 Å². The molecule has 8 heteroatoms. The van der Waals surface area contributed by atoms with Gasteiger partial charge in [0, 0.05) is 31.0 Å². The van der Waals surface area contributed by atoms with Gasteiger partial charge < -0.3 is 26.7 Å². The van der Waals surface area contributed by atoms with Crippen molar-refractivity contribution in [3.63, 3.8) is 0 Å². The molecule has 0 bridgehead atoms. The number of nitrogen functional groups attached to an aromatic ring is 1. The van der Waals surface area contributed by atoms with Gasteiger partial charge in [0.25, 0.3) is 5.91 Å². The molecule has 1 aliphatic rings. The van der Waals surface area contributed by atoms with E-state index in [1.807, 2.05) is 12.1 Å². The second-order valence-corrected chi connectivity index (χ2v) is 6.46. The molecule has 2 aromatic rings. The number of rotatable bonds is 3. The number of nitrogens with zero attached hydrogens (tertiary/aromatic N) is 2. The minimum Gasteiger partial charge on any atom is -0.399 e. The van der Waals surface area contributed by atoms with E-state index in [0.29, 0.717) is 16.0 Å². The number of imidazole rings is 1. The highest BCUT2D eigenvalue weighted by atomic mass is 79.9. The number of piperidine rings is 1. The Morgan fingerprint density at radius 1 is 1.48 bits per heavy atom. The van der Waals surface area contributed by atoms with E-state index in [1.54, 1.807) is 12.3 Å². The Kier molecular flexibility index (Phi) is 4.53. The van der Waals surface area contributed by atoms with Gasteiger partial charge in [-0.25, -0.2) is 4.98 Å². The van der Waals surface area contributed by atoms with Crippen molar-refractivity contribution < 1.29 is 4.79 Å². The van der Waals surface area contributed by atoms with Crippen molar-refractivity contribution in [2.75, 3.05) is 29.0 Å². The number of amides is 1. The normalized spacial score (nSPS) is 18.0. The van der Waals surface area contributed by atoms with Crippen molar-refractivity contribution in [3.05, 3.63) is 34.8 Å². The van der Waals surface area contributed by atoms with Crippen molar-refractivity contribution >= 4 is 38.9 Å². The Labute approximate surface area is 142 Å². The van der Waals surface area contributed by atoms with Crippen LogP contribution < -0.4 is 21.7 Å². The summed E-state index contributed by atoms with van der Waals surface area (Å²) in [5.74, 6) is -0.0792. The fraction of sp³-hybridized carbons (Fsp3) is 0.333.